The van der Waals surface area contributed by atoms with Crippen LogP contribution in [0.5, 0.6) is 0 Å². The molecule has 0 aliphatic carbocycles. The van der Waals surface area contributed by atoms with E-state index in [1.165, 1.54) is 0 Å². The molecule has 0 unspecified atom stereocenters. The summed E-state index contributed by atoms with van der Waals surface area (Å²) >= 11 is 0. The Kier molecular flexibility index (Phi) is 4.79. The second kappa shape index (κ2) is 6.15. The van der Waals surface area contributed by atoms with Crippen LogP contribution in [0.15, 0.2) is 10.6 Å². The van der Waals surface area contributed by atoms with Crippen LogP contribution in [0, 0.1) is 6.92 Å². The molecule has 0 spiro atoms. The van der Waals surface area contributed by atoms with Crippen molar-refractivity contribution in [1.29, 1.82) is 0 Å². The molecule has 1 aromatic rings. The van der Waals surface area contributed by atoms with E-state index in [2.05, 4.69) is 10.5 Å². The zero-order chi connectivity index (χ0) is 11.1. The molecule has 1 amide bonds. The maximum atomic E-state index is 11.3. The van der Waals surface area contributed by atoms with Gasteiger partial charge in [0.1, 0.15) is 0 Å². The molecule has 0 saturated heterocycles. The number of hydrogen-bond donors (Lipinski definition) is 2. The number of amides is 1. The Labute approximate surface area is 87.2 Å². The summed E-state index contributed by atoms with van der Waals surface area (Å²) in [5, 5.41) is 14.6. The monoisotopic (exact) mass is 214 g/mol. The molecule has 0 saturated carbocycles. The fraction of sp³-hybridized carbons (Fsp3) is 0.556. The lowest BCUT2D eigenvalue weighted by Crippen LogP contribution is -2.27. The molecule has 2 N–H and O–H groups in total. The van der Waals surface area contributed by atoms with Gasteiger partial charge < -0.3 is 19.7 Å². The quantitative estimate of drug-likeness (QED) is 0.636. The largest absolute Gasteiger partial charge is 0.394 e. The maximum Gasteiger partial charge on any atom is 0.289 e. The number of aliphatic hydroxyl groups is 1. The molecule has 0 aliphatic rings. The Morgan fingerprint density at radius 1 is 1.67 bits per heavy atom. The van der Waals surface area contributed by atoms with Crippen LogP contribution < -0.4 is 5.32 Å². The predicted octanol–water partition coefficient (Wildman–Crippen LogP) is -0.278. The Hall–Kier alpha value is -1.40. The smallest absolute Gasteiger partial charge is 0.289 e. The van der Waals surface area contributed by atoms with Crippen LogP contribution >= 0.6 is 0 Å². The molecule has 0 aromatic carbocycles. The third-order valence-corrected chi connectivity index (χ3v) is 1.62. The minimum atomic E-state index is -0.316. The van der Waals surface area contributed by atoms with E-state index in [1.807, 2.05) is 0 Å². The van der Waals surface area contributed by atoms with Crippen molar-refractivity contribution in [3.63, 3.8) is 0 Å². The summed E-state index contributed by atoms with van der Waals surface area (Å²) in [6.07, 6.45) is 0. The number of ether oxygens (including phenoxy) is 1. The number of aromatic nitrogens is 1. The van der Waals surface area contributed by atoms with Crippen LogP contribution in [0.1, 0.15) is 16.2 Å². The number of rotatable bonds is 6. The van der Waals surface area contributed by atoms with Crippen LogP contribution in [0.2, 0.25) is 0 Å². The molecule has 0 atom stereocenters. The van der Waals surface area contributed by atoms with Crippen molar-refractivity contribution in [2.24, 2.45) is 0 Å². The van der Waals surface area contributed by atoms with Crippen LogP contribution in [-0.4, -0.2) is 42.5 Å². The highest BCUT2D eigenvalue weighted by atomic mass is 16.5. The van der Waals surface area contributed by atoms with E-state index < -0.39 is 0 Å². The molecule has 0 radical (unpaired) electrons. The summed E-state index contributed by atoms with van der Waals surface area (Å²) in [6.45, 7) is 2.73. The summed E-state index contributed by atoms with van der Waals surface area (Å²) < 4.78 is 9.72. The van der Waals surface area contributed by atoms with Gasteiger partial charge in [-0.1, -0.05) is 5.16 Å². The first-order chi connectivity index (χ1) is 7.24. The van der Waals surface area contributed by atoms with E-state index in [1.54, 1.807) is 13.0 Å². The van der Waals surface area contributed by atoms with Gasteiger partial charge in [-0.2, -0.15) is 0 Å². The van der Waals surface area contributed by atoms with Crippen molar-refractivity contribution in [2.75, 3.05) is 26.4 Å². The van der Waals surface area contributed by atoms with Crippen molar-refractivity contribution in [2.45, 2.75) is 6.92 Å². The van der Waals surface area contributed by atoms with Gasteiger partial charge in [0.25, 0.3) is 5.91 Å². The van der Waals surface area contributed by atoms with Gasteiger partial charge in [0.05, 0.1) is 25.5 Å². The van der Waals surface area contributed by atoms with Gasteiger partial charge in [-0.3, -0.25) is 4.79 Å². The highest BCUT2D eigenvalue weighted by Gasteiger charge is 2.09. The zero-order valence-corrected chi connectivity index (χ0v) is 8.52. The number of hydrogen-bond acceptors (Lipinski definition) is 5. The Bertz CT molecular complexity index is 311. The minimum Gasteiger partial charge on any atom is -0.394 e. The van der Waals surface area contributed by atoms with Crippen LogP contribution in [-0.2, 0) is 4.74 Å². The fourth-order valence-electron chi connectivity index (χ4n) is 0.961. The van der Waals surface area contributed by atoms with Crippen molar-refractivity contribution in [1.82, 2.24) is 10.5 Å². The standard InChI is InChI=1S/C9H14N2O4/c1-7-6-8(15-11-7)9(13)10-2-4-14-5-3-12/h6,12H,2-5H2,1H3,(H,10,13). The van der Waals surface area contributed by atoms with Crippen molar-refractivity contribution >= 4 is 5.91 Å². The lowest BCUT2D eigenvalue weighted by molar-refractivity contribution is 0.0816. The Morgan fingerprint density at radius 3 is 3.07 bits per heavy atom. The van der Waals surface area contributed by atoms with E-state index in [-0.39, 0.29) is 24.9 Å². The van der Waals surface area contributed by atoms with Gasteiger partial charge in [-0.25, -0.2) is 0 Å². The Morgan fingerprint density at radius 2 is 2.47 bits per heavy atom. The van der Waals surface area contributed by atoms with E-state index in [9.17, 15) is 4.79 Å². The first-order valence-electron chi connectivity index (χ1n) is 4.64. The van der Waals surface area contributed by atoms with Crippen molar-refractivity contribution in [3.05, 3.63) is 17.5 Å². The summed E-state index contributed by atoms with van der Waals surface area (Å²) in [4.78, 5) is 11.3. The molecule has 6 nitrogen and oxygen atoms in total. The molecule has 1 rings (SSSR count). The van der Waals surface area contributed by atoms with E-state index >= 15 is 0 Å². The Balaban J connectivity index is 2.19. The number of carbonyl (C=O) groups is 1. The third kappa shape index (κ3) is 4.09. The van der Waals surface area contributed by atoms with E-state index in [4.69, 9.17) is 14.4 Å². The lowest BCUT2D eigenvalue weighted by atomic mass is 10.4. The van der Waals surface area contributed by atoms with Gasteiger partial charge in [0.2, 0.25) is 5.76 Å². The van der Waals surface area contributed by atoms with Crippen LogP contribution in [0.4, 0.5) is 0 Å². The molecular formula is C9H14N2O4. The molecule has 84 valence electrons. The zero-order valence-electron chi connectivity index (χ0n) is 8.52. The normalized spacial score (nSPS) is 10.3. The number of nitrogens with one attached hydrogen (secondary N) is 1. The molecule has 6 heteroatoms. The lowest BCUT2D eigenvalue weighted by Gasteiger charge is -2.02. The minimum absolute atomic E-state index is 0.0186. The summed E-state index contributed by atoms with van der Waals surface area (Å²) in [5.41, 5.74) is 0.664. The molecule has 0 aliphatic heterocycles. The van der Waals surface area contributed by atoms with E-state index in [0.29, 0.717) is 18.8 Å². The van der Waals surface area contributed by atoms with Gasteiger partial charge >= 0.3 is 0 Å². The van der Waals surface area contributed by atoms with Crippen molar-refractivity contribution in [3.8, 4) is 0 Å². The first kappa shape index (κ1) is 11.7. The van der Waals surface area contributed by atoms with Gasteiger partial charge in [0, 0.05) is 12.6 Å². The van der Waals surface area contributed by atoms with E-state index in [0.717, 1.165) is 0 Å². The van der Waals surface area contributed by atoms with Crippen LogP contribution in [0.3, 0.4) is 0 Å². The molecule has 1 heterocycles. The molecule has 0 bridgehead atoms. The fourth-order valence-corrected chi connectivity index (χ4v) is 0.961. The summed E-state index contributed by atoms with van der Waals surface area (Å²) in [5.74, 6) is -0.127. The molecular weight excluding hydrogens is 200 g/mol. The highest BCUT2D eigenvalue weighted by Crippen LogP contribution is 2.00. The first-order valence-corrected chi connectivity index (χ1v) is 4.64. The van der Waals surface area contributed by atoms with Crippen LogP contribution in [0.25, 0.3) is 0 Å². The molecule has 0 fully saturated rings. The average molecular weight is 214 g/mol. The molecule has 15 heavy (non-hydrogen) atoms. The molecule has 1 aromatic heterocycles. The predicted molar refractivity (Wildman–Crippen MR) is 51.5 cm³/mol. The SMILES string of the molecule is Cc1cc(C(=O)NCCOCCO)on1. The topological polar surface area (TPSA) is 84.6 Å². The maximum absolute atomic E-state index is 11.3. The highest BCUT2D eigenvalue weighted by molar-refractivity contribution is 5.91. The number of aryl methyl sites for hydroxylation is 1. The number of carbonyl (C=O) groups excluding carboxylic acids is 1. The second-order valence-corrected chi connectivity index (χ2v) is 2.92. The summed E-state index contributed by atoms with van der Waals surface area (Å²) in [6, 6.07) is 1.56. The van der Waals surface area contributed by atoms with Crippen molar-refractivity contribution < 1.29 is 19.2 Å². The van der Waals surface area contributed by atoms with Gasteiger partial charge in [-0.05, 0) is 6.92 Å². The van der Waals surface area contributed by atoms with Gasteiger partial charge in [0.15, 0.2) is 0 Å². The third-order valence-electron chi connectivity index (χ3n) is 1.62. The number of nitrogens with zero attached hydrogens (tertiary/aromatic N) is 1. The summed E-state index contributed by atoms with van der Waals surface area (Å²) in [7, 11) is 0. The number of aliphatic hydroxyl groups excluding tert-OH is 1. The average Bonchev–Trinajstić information content (AvgIpc) is 2.64. The second-order valence-electron chi connectivity index (χ2n) is 2.92. The van der Waals surface area contributed by atoms with Gasteiger partial charge in [-0.15, -0.1) is 0 Å².